The first-order valence-corrected chi connectivity index (χ1v) is 7.50. The van der Waals surface area contributed by atoms with Crippen molar-refractivity contribution in [3.8, 4) is 0 Å². The van der Waals surface area contributed by atoms with Crippen LogP contribution in [0.1, 0.15) is 25.8 Å². The Labute approximate surface area is 138 Å². The van der Waals surface area contributed by atoms with Crippen molar-refractivity contribution in [2.45, 2.75) is 39.3 Å². The van der Waals surface area contributed by atoms with Crippen LogP contribution >= 0.6 is 0 Å². The van der Waals surface area contributed by atoms with E-state index in [-0.39, 0.29) is 6.54 Å². The Bertz CT molecular complexity index is 410. The van der Waals surface area contributed by atoms with Gasteiger partial charge >= 0.3 is 0 Å². The number of hydrogen-bond acceptors (Lipinski definition) is 5. The van der Waals surface area contributed by atoms with Crippen LogP contribution in [0.5, 0.6) is 0 Å². The fourth-order valence-corrected chi connectivity index (χ4v) is 1.58. The third-order valence-electron chi connectivity index (χ3n) is 2.68. The van der Waals surface area contributed by atoms with Gasteiger partial charge in [-0.25, -0.2) is 0 Å². The van der Waals surface area contributed by atoms with Crippen LogP contribution in [0.4, 0.5) is 0 Å². The lowest BCUT2D eigenvalue weighted by Crippen LogP contribution is -2.45. The first-order chi connectivity index (χ1) is 10.9. The third-order valence-corrected chi connectivity index (χ3v) is 2.68. The van der Waals surface area contributed by atoms with Crippen LogP contribution in [0.15, 0.2) is 30.3 Å². The van der Waals surface area contributed by atoms with E-state index in [0.29, 0.717) is 18.6 Å². The molecule has 2 unspecified atom stereocenters. The Morgan fingerprint density at radius 1 is 1.26 bits per heavy atom. The normalized spacial score (nSPS) is 12.0. The zero-order valence-electron chi connectivity index (χ0n) is 14.4. The molecule has 132 valence electrons. The van der Waals surface area contributed by atoms with Crippen molar-refractivity contribution >= 4 is 12.2 Å². The molecule has 0 aliphatic rings. The van der Waals surface area contributed by atoms with Gasteiger partial charge in [0.2, 0.25) is 0 Å². The molecule has 0 aromatic heterocycles. The average molecular weight is 326 g/mol. The number of rotatable bonds is 6. The summed E-state index contributed by atoms with van der Waals surface area (Å²) < 4.78 is 0. The lowest BCUT2D eigenvalue weighted by molar-refractivity contribution is -0.131. The van der Waals surface area contributed by atoms with E-state index in [4.69, 9.17) is 15.9 Å². The first kappa shape index (κ1) is 23.5. The maximum Gasteiger partial charge on any atom is 0.250 e. The van der Waals surface area contributed by atoms with E-state index in [9.17, 15) is 9.59 Å². The third kappa shape index (κ3) is 13.6. The number of aliphatic hydroxyl groups is 2. The number of aliphatic hydroxyl groups excluding tert-OH is 2. The number of nitrogens with two attached hydrogens (primary N) is 1. The molecule has 23 heavy (non-hydrogen) atoms. The highest BCUT2D eigenvalue weighted by Gasteiger charge is 2.17. The zero-order chi connectivity index (χ0) is 18.3. The maximum atomic E-state index is 11.1. The van der Waals surface area contributed by atoms with E-state index in [0.717, 1.165) is 7.11 Å². The van der Waals surface area contributed by atoms with Crippen molar-refractivity contribution in [3.63, 3.8) is 0 Å². The molecule has 5 N–H and O–H groups in total. The van der Waals surface area contributed by atoms with Gasteiger partial charge in [0.25, 0.3) is 5.91 Å². The Balaban J connectivity index is 0. The molecule has 0 aliphatic heterocycles. The van der Waals surface area contributed by atoms with Crippen LogP contribution in [-0.4, -0.2) is 48.2 Å². The predicted octanol–water partition coefficient (Wildman–Crippen LogP) is 0.639. The Morgan fingerprint density at radius 3 is 2.09 bits per heavy atom. The van der Waals surface area contributed by atoms with Gasteiger partial charge in [-0.15, -0.1) is 0 Å². The zero-order valence-corrected chi connectivity index (χ0v) is 14.4. The second kappa shape index (κ2) is 15.1. The molecule has 0 aliphatic carbocycles. The van der Waals surface area contributed by atoms with Crippen LogP contribution in [-0.2, 0) is 9.59 Å². The summed E-state index contributed by atoms with van der Waals surface area (Å²) in [6, 6.07) is 9.72. The number of hydrogen-bond donors (Lipinski definition) is 4. The standard InChI is InChI=1S/C9H18N2O3.C7H8.CH4O/c1-6(2)3-7(5-12)11-9(14)8(13)4-10;1-7-5-3-2-4-6-7;1-2/h5-8,13H,3-4,10H2,1-2H3,(H,11,14);2-6H,1H3;2H,1H3. The van der Waals surface area contributed by atoms with Gasteiger partial charge in [0.1, 0.15) is 12.4 Å². The van der Waals surface area contributed by atoms with Gasteiger partial charge in [0.15, 0.2) is 0 Å². The Hall–Kier alpha value is -1.76. The molecule has 1 aromatic rings. The van der Waals surface area contributed by atoms with Gasteiger partial charge in [0, 0.05) is 13.7 Å². The van der Waals surface area contributed by atoms with E-state index >= 15 is 0 Å². The summed E-state index contributed by atoms with van der Waals surface area (Å²) in [5.41, 5.74) is 6.41. The van der Waals surface area contributed by atoms with Crippen LogP contribution in [0.3, 0.4) is 0 Å². The topological polar surface area (TPSA) is 113 Å². The highest BCUT2D eigenvalue weighted by Crippen LogP contribution is 2.02. The van der Waals surface area contributed by atoms with Gasteiger partial charge in [-0.3, -0.25) is 4.79 Å². The lowest BCUT2D eigenvalue weighted by atomic mass is 10.0. The summed E-state index contributed by atoms with van der Waals surface area (Å²) in [6.45, 7) is 5.84. The molecule has 1 rings (SSSR count). The molecule has 0 saturated heterocycles. The second-order valence-corrected chi connectivity index (χ2v) is 5.29. The molecule has 1 amide bonds. The summed E-state index contributed by atoms with van der Waals surface area (Å²) in [5.74, 6) is -0.286. The molecule has 0 spiro atoms. The number of carbonyl (C=O) groups is 2. The first-order valence-electron chi connectivity index (χ1n) is 7.50. The largest absolute Gasteiger partial charge is 0.400 e. The summed E-state index contributed by atoms with van der Waals surface area (Å²) in [5, 5.41) is 18.5. The molecule has 0 saturated carbocycles. The summed E-state index contributed by atoms with van der Waals surface area (Å²) in [4.78, 5) is 21.7. The maximum absolute atomic E-state index is 11.1. The lowest BCUT2D eigenvalue weighted by Gasteiger charge is -2.16. The number of carbonyl (C=O) groups excluding carboxylic acids is 2. The van der Waals surface area contributed by atoms with Crippen molar-refractivity contribution in [2.24, 2.45) is 11.7 Å². The fraction of sp³-hybridized carbons (Fsp3) is 0.529. The van der Waals surface area contributed by atoms with Crippen molar-refractivity contribution < 1.29 is 19.8 Å². The molecule has 1 aromatic carbocycles. The molecule has 6 nitrogen and oxygen atoms in total. The van der Waals surface area contributed by atoms with Crippen LogP contribution < -0.4 is 11.1 Å². The predicted molar refractivity (Wildman–Crippen MR) is 91.8 cm³/mol. The van der Waals surface area contributed by atoms with E-state index in [1.807, 2.05) is 32.0 Å². The molecule has 6 heteroatoms. The number of aryl methyl sites for hydroxylation is 1. The quantitative estimate of drug-likeness (QED) is 0.573. The highest BCUT2D eigenvalue weighted by atomic mass is 16.3. The molecule has 0 fully saturated rings. The van der Waals surface area contributed by atoms with Crippen LogP contribution in [0.25, 0.3) is 0 Å². The van der Waals surface area contributed by atoms with Crippen molar-refractivity contribution in [3.05, 3.63) is 35.9 Å². The van der Waals surface area contributed by atoms with Crippen molar-refractivity contribution in [1.29, 1.82) is 0 Å². The van der Waals surface area contributed by atoms with Gasteiger partial charge in [-0.2, -0.15) is 0 Å². The average Bonchev–Trinajstić information content (AvgIpc) is 2.56. The molecule has 0 heterocycles. The number of aldehydes is 1. The monoisotopic (exact) mass is 326 g/mol. The van der Waals surface area contributed by atoms with E-state index in [1.165, 1.54) is 5.56 Å². The van der Waals surface area contributed by atoms with Gasteiger partial charge in [-0.05, 0) is 19.3 Å². The minimum atomic E-state index is -1.23. The minimum absolute atomic E-state index is 0.140. The second-order valence-electron chi connectivity index (χ2n) is 5.29. The smallest absolute Gasteiger partial charge is 0.250 e. The fourth-order valence-electron chi connectivity index (χ4n) is 1.58. The highest BCUT2D eigenvalue weighted by molar-refractivity contribution is 5.83. The summed E-state index contributed by atoms with van der Waals surface area (Å²) >= 11 is 0. The Kier molecular flexibility index (Phi) is 15.5. The number of amides is 1. The minimum Gasteiger partial charge on any atom is -0.400 e. The Morgan fingerprint density at radius 2 is 1.78 bits per heavy atom. The molecular formula is C17H30N2O4. The molecule has 2 atom stereocenters. The molecular weight excluding hydrogens is 296 g/mol. The van der Waals surface area contributed by atoms with Gasteiger partial charge in [-0.1, -0.05) is 49.7 Å². The SMILES string of the molecule is CC(C)CC(C=O)NC(=O)C(O)CN.CO.Cc1ccccc1. The molecule has 0 radical (unpaired) electrons. The van der Waals surface area contributed by atoms with Crippen LogP contribution in [0.2, 0.25) is 0 Å². The van der Waals surface area contributed by atoms with Crippen LogP contribution in [0, 0.1) is 12.8 Å². The van der Waals surface area contributed by atoms with Gasteiger partial charge in [0.05, 0.1) is 6.04 Å². The van der Waals surface area contributed by atoms with E-state index in [1.54, 1.807) is 0 Å². The van der Waals surface area contributed by atoms with E-state index in [2.05, 4.69) is 24.4 Å². The van der Waals surface area contributed by atoms with E-state index < -0.39 is 18.1 Å². The van der Waals surface area contributed by atoms with Gasteiger partial charge < -0.3 is 26.1 Å². The van der Waals surface area contributed by atoms with Crippen molar-refractivity contribution in [2.75, 3.05) is 13.7 Å². The summed E-state index contributed by atoms with van der Waals surface area (Å²) in [6.07, 6.45) is -0.00201. The number of nitrogens with one attached hydrogen (secondary N) is 1. The summed E-state index contributed by atoms with van der Waals surface area (Å²) in [7, 11) is 1.00. The number of benzene rings is 1. The molecule has 0 bridgehead atoms. The van der Waals surface area contributed by atoms with Crippen molar-refractivity contribution in [1.82, 2.24) is 5.32 Å².